The van der Waals surface area contributed by atoms with Crippen LogP contribution >= 0.6 is 11.9 Å². The lowest BCUT2D eigenvalue weighted by Crippen LogP contribution is -2.19. The minimum Gasteiger partial charge on any atom is -0.497 e. The zero-order chi connectivity index (χ0) is 26.4. The first kappa shape index (κ1) is 26.2. The fourth-order valence-electron chi connectivity index (χ4n) is 3.83. The van der Waals surface area contributed by atoms with Crippen LogP contribution in [0.4, 0.5) is 5.95 Å². The van der Waals surface area contributed by atoms with Crippen LogP contribution in [0.1, 0.15) is 24.4 Å². The summed E-state index contributed by atoms with van der Waals surface area (Å²) in [5.74, 6) is 3.59. The van der Waals surface area contributed by atoms with Crippen LogP contribution in [0, 0.1) is 6.92 Å². The zero-order valence-corrected chi connectivity index (χ0v) is 22.4. The molecule has 0 aliphatic carbocycles. The van der Waals surface area contributed by atoms with Crippen molar-refractivity contribution in [1.82, 2.24) is 24.7 Å². The molecule has 0 aliphatic rings. The van der Waals surface area contributed by atoms with E-state index in [4.69, 9.17) is 18.9 Å². The molecule has 2 heterocycles. The predicted octanol–water partition coefficient (Wildman–Crippen LogP) is 4.89. The average Bonchev–Trinajstić information content (AvgIpc) is 3.36. The van der Waals surface area contributed by atoms with Crippen molar-refractivity contribution in [2.24, 2.45) is 0 Å². The standard InChI is InChI=1S/C26H30N6O4S/c1-16-14-27-24(28-15-16)23(36-6)17(2)37-31-26-30-29-25(18-9-7-10-19(13-18)33-3)32(26)22-20(34-4)11-8-12-21(22)35-5/h7-15,17,23H,1-6H3,(H,30,31). The number of nitrogens with one attached hydrogen (secondary N) is 1. The molecule has 0 saturated heterocycles. The van der Waals surface area contributed by atoms with E-state index in [0.29, 0.717) is 40.5 Å². The molecule has 0 bridgehead atoms. The Morgan fingerprint density at radius 3 is 2.19 bits per heavy atom. The van der Waals surface area contributed by atoms with Gasteiger partial charge in [0.05, 0.1) is 26.6 Å². The number of hydrogen-bond acceptors (Lipinski definition) is 10. The first-order valence-electron chi connectivity index (χ1n) is 11.5. The first-order valence-corrected chi connectivity index (χ1v) is 12.4. The van der Waals surface area contributed by atoms with Gasteiger partial charge in [-0.15, -0.1) is 10.2 Å². The van der Waals surface area contributed by atoms with Crippen molar-refractivity contribution in [3.8, 4) is 34.3 Å². The highest BCUT2D eigenvalue weighted by molar-refractivity contribution is 8.01. The summed E-state index contributed by atoms with van der Waals surface area (Å²) in [7, 11) is 6.50. The van der Waals surface area contributed by atoms with Gasteiger partial charge in [0.2, 0.25) is 5.95 Å². The van der Waals surface area contributed by atoms with Crippen molar-refractivity contribution in [1.29, 1.82) is 0 Å². The summed E-state index contributed by atoms with van der Waals surface area (Å²) in [6, 6.07) is 13.2. The van der Waals surface area contributed by atoms with E-state index in [9.17, 15) is 0 Å². The summed E-state index contributed by atoms with van der Waals surface area (Å²) in [6.07, 6.45) is 3.22. The minimum atomic E-state index is -0.340. The SMILES string of the molecule is COc1cccc(-c2nnc(NSC(C)C(OC)c3ncc(C)cn3)n2-c2c(OC)cccc2OC)c1. The second-order valence-electron chi connectivity index (χ2n) is 8.13. The molecular formula is C26H30N6O4S. The van der Waals surface area contributed by atoms with Gasteiger partial charge in [-0.3, -0.25) is 9.29 Å². The fourth-order valence-corrected chi connectivity index (χ4v) is 4.61. The Balaban J connectivity index is 1.74. The van der Waals surface area contributed by atoms with Gasteiger partial charge in [0.15, 0.2) is 11.6 Å². The number of rotatable bonds is 11. The number of ether oxygens (including phenoxy) is 4. The van der Waals surface area contributed by atoms with Crippen molar-refractivity contribution in [3.05, 3.63) is 66.2 Å². The molecule has 2 atom stereocenters. The fraction of sp³-hybridized carbons (Fsp3) is 0.308. The highest BCUT2D eigenvalue weighted by Crippen LogP contribution is 2.39. The molecule has 1 N–H and O–H groups in total. The van der Waals surface area contributed by atoms with Gasteiger partial charge >= 0.3 is 0 Å². The second kappa shape index (κ2) is 11.9. The van der Waals surface area contributed by atoms with Crippen LogP contribution in [0.25, 0.3) is 17.1 Å². The van der Waals surface area contributed by atoms with Crippen LogP contribution in [-0.4, -0.2) is 58.4 Å². The number of hydrogen-bond donors (Lipinski definition) is 1. The number of aryl methyl sites for hydroxylation is 1. The summed E-state index contributed by atoms with van der Waals surface area (Å²) in [4.78, 5) is 8.88. The summed E-state index contributed by atoms with van der Waals surface area (Å²) < 4.78 is 27.8. The molecule has 0 fully saturated rings. The molecule has 0 amide bonds. The van der Waals surface area contributed by atoms with E-state index in [0.717, 1.165) is 11.1 Å². The van der Waals surface area contributed by atoms with Crippen LogP contribution in [-0.2, 0) is 4.74 Å². The summed E-state index contributed by atoms with van der Waals surface area (Å²) in [5, 5.41) is 8.92. The molecule has 2 unspecified atom stereocenters. The molecule has 0 saturated carbocycles. The number of methoxy groups -OCH3 is 4. The topological polar surface area (TPSA) is 105 Å². The summed E-state index contributed by atoms with van der Waals surface area (Å²) in [5.41, 5.74) is 2.46. The Morgan fingerprint density at radius 2 is 1.57 bits per heavy atom. The maximum absolute atomic E-state index is 5.73. The maximum atomic E-state index is 5.73. The Labute approximate surface area is 220 Å². The van der Waals surface area contributed by atoms with E-state index in [1.54, 1.807) is 40.8 Å². The Morgan fingerprint density at radius 1 is 0.892 bits per heavy atom. The lowest BCUT2D eigenvalue weighted by molar-refractivity contribution is 0.0972. The monoisotopic (exact) mass is 522 g/mol. The van der Waals surface area contributed by atoms with E-state index < -0.39 is 0 Å². The van der Waals surface area contributed by atoms with Crippen molar-refractivity contribution in [2.45, 2.75) is 25.2 Å². The smallest absolute Gasteiger partial charge is 0.239 e. The Hall–Kier alpha value is -3.83. The normalized spacial score (nSPS) is 12.6. The maximum Gasteiger partial charge on any atom is 0.239 e. The van der Waals surface area contributed by atoms with Crippen molar-refractivity contribution in [2.75, 3.05) is 33.2 Å². The van der Waals surface area contributed by atoms with E-state index in [2.05, 4.69) is 24.9 Å². The largest absolute Gasteiger partial charge is 0.497 e. The number of para-hydroxylation sites is 1. The molecule has 4 rings (SSSR count). The van der Waals surface area contributed by atoms with E-state index in [1.807, 2.05) is 60.9 Å². The van der Waals surface area contributed by atoms with Gasteiger partial charge in [-0.2, -0.15) is 0 Å². The van der Waals surface area contributed by atoms with E-state index in [-0.39, 0.29) is 11.4 Å². The lowest BCUT2D eigenvalue weighted by atomic mass is 10.2. The highest BCUT2D eigenvalue weighted by Gasteiger charge is 2.26. The summed E-state index contributed by atoms with van der Waals surface area (Å²) >= 11 is 1.43. The van der Waals surface area contributed by atoms with E-state index >= 15 is 0 Å². The highest BCUT2D eigenvalue weighted by atomic mass is 32.2. The third-order valence-corrected chi connectivity index (χ3v) is 6.61. The van der Waals surface area contributed by atoms with Gasteiger partial charge < -0.3 is 18.9 Å². The third-order valence-electron chi connectivity index (χ3n) is 5.69. The molecule has 2 aromatic heterocycles. The average molecular weight is 523 g/mol. The van der Waals surface area contributed by atoms with Gasteiger partial charge in [0, 0.05) is 25.1 Å². The molecule has 0 radical (unpaired) electrons. The molecule has 37 heavy (non-hydrogen) atoms. The molecule has 2 aromatic carbocycles. The number of anilines is 1. The van der Waals surface area contributed by atoms with Crippen LogP contribution in [0.15, 0.2) is 54.9 Å². The van der Waals surface area contributed by atoms with Crippen LogP contribution < -0.4 is 18.9 Å². The number of aromatic nitrogens is 5. The van der Waals surface area contributed by atoms with Gasteiger partial charge in [0.25, 0.3) is 0 Å². The molecule has 0 spiro atoms. The van der Waals surface area contributed by atoms with Crippen molar-refractivity contribution < 1.29 is 18.9 Å². The Kier molecular flexibility index (Phi) is 8.47. The Bertz CT molecular complexity index is 1310. The van der Waals surface area contributed by atoms with Crippen molar-refractivity contribution in [3.63, 3.8) is 0 Å². The zero-order valence-electron chi connectivity index (χ0n) is 21.6. The minimum absolute atomic E-state index is 0.0716. The molecular weight excluding hydrogens is 492 g/mol. The quantitative estimate of drug-likeness (QED) is 0.274. The molecule has 194 valence electrons. The first-order chi connectivity index (χ1) is 18.0. The van der Waals surface area contributed by atoms with Crippen molar-refractivity contribution >= 4 is 17.9 Å². The number of benzene rings is 2. The van der Waals surface area contributed by atoms with Crippen LogP contribution in [0.2, 0.25) is 0 Å². The molecule has 11 heteroatoms. The molecule has 0 aliphatic heterocycles. The predicted molar refractivity (Wildman–Crippen MR) is 144 cm³/mol. The molecule has 10 nitrogen and oxygen atoms in total. The number of nitrogens with zero attached hydrogens (tertiary/aromatic N) is 5. The second-order valence-corrected chi connectivity index (χ2v) is 9.31. The van der Waals surface area contributed by atoms with Crippen LogP contribution in [0.3, 0.4) is 0 Å². The van der Waals surface area contributed by atoms with E-state index in [1.165, 1.54) is 11.9 Å². The molecule has 4 aromatic rings. The van der Waals surface area contributed by atoms with Crippen LogP contribution in [0.5, 0.6) is 17.2 Å². The lowest BCUT2D eigenvalue weighted by Gasteiger charge is -2.22. The van der Waals surface area contributed by atoms with Gasteiger partial charge in [-0.05, 0) is 55.6 Å². The summed E-state index contributed by atoms with van der Waals surface area (Å²) in [6.45, 7) is 3.98. The van der Waals surface area contributed by atoms with Gasteiger partial charge in [-0.1, -0.05) is 18.2 Å². The van der Waals surface area contributed by atoms with Gasteiger partial charge in [-0.25, -0.2) is 9.97 Å². The van der Waals surface area contributed by atoms with Gasteiger partial charge in [0.1, 0.15) is 29.0 Å². The third kappa shape index (κ3) is 5.62.